The summed E-state index contributed by atoms with van der Waals surface area (Å²) in [7, 11) is 0. The summed E-state index contributed by atoms with van der Waals surface area (Å²) in [5, 5.41) is 3.51. The van der Waals surface area contributed by atoms with Crippen molar-refractivity contribution in [2.24, 2.45) is 0 Å². The van der Waals surface area contributed by atoms with Gasteiger partial charge in [-0.3, -0.25) is 14.6 Å². The second-order valence-electron chi connectivity index (χ2n) is 7.21. The molecule has 4 rings (SSSR count). The molecule has 2 aromatic heterocycles. The summed E-state index contributed by atoms with van der Waals surface area (Å²) < 4.78 is 12.3. The summed E-state index contributed by atoms with van der Waals surface area (Å²) in [5.41, 5.74) is 2.89. The Balaban J connectivity index is 1.47. The Hall–Kier alpha value is -3.87. The fraction of sp³-hybridized carbons (Fsp3) is 0.208. The molecule has 0 amide bonds. The van der Waals surface area contributed by atoms with Gasteiger partial charge in [0.25, 0.3) is 5.56 Å². The molecule has 0 atom stereocenters. The van der Waals surface area contributed by atoms with E-state index >= 15 is 0 Å². The highest BCUT2D eigenvalue weighted by molar-refractivity contribution is 5.79. The van der Waals surface area contributed by atoms with E-state index in [4.69, 9.17) is 9.47 Å². The fourth-order valence-electron chi connectivity index (χ4n) is 3.35. The Labute approximate surface area is 179 Å². The molecule has 0 fully saturated rings. The van der Waals surface area contributed by atoms with Gasteiger partial charge in [0.1, 0.15) is 12.4 Å². The van der Waals surface area contributed by atoms with Gasteiger partial charge in [-0.2, -0.15) is 0 Å². The smallest absolute Gasteiger partial charge is 0.344 e. The number of pyridine rings is 1. The van der Waals surface area contributed by atoms with Gasteiger partial charge in [0, 0.05) is 18.3 Å². The minimum absolute atomic E-state index is 0.0202. The summed E-state index contributed by atoms with van der Waals surface area (Å²) in [6.07, 6.45) is 2.39. The number of aryl methyl sites for hydroxylation is 3. The Bertz CT molecular complexity index is 1230. The van der Waals surface area contributed by atoms with Crippen LogP contribution in [0.25, 0.3) is 11.0 Å². The maximum Gasteiger partial charge on any atom is 0.344 e. The molecule has 0 bridgehead atoms. The predicted molar refractivity (Wildman–Crippen MR) is 117 cm³/mol. The lowest BCUT2D eigenvalue weighted by Gasteiger charge is -2.09. The number of carbonyl (C=O) groups is 1. The first-order valence-corrected chi connectivity index (χ1v) is 10.1. The number of rotatable bonds is 8. The number of esters is 1. The molecular formula is C24H23N3O4. The Morgan fingerprint density at radius 2 is 1.77 bits per heavy atom. The van der Waals surface area contributed by atoms with Crippen molar-refractivity contribution >= 4 is 17.0 Å². The van der Waals surface area contributed by atoms with E-state index in [9.17, 15) is 9.59 Å². The van der Waals surface area contributed by atoms with E-state index in [-0.39, 0.29) is 18.8 Å². The third kappa shape index (κ3) is 4.83. The molecule has 0 aliphatic carbocycles. The van der Waals surface area contributed by atoms with Crippen LogP contribution in [0.3, 0.4) is 0 Å². The zero-order valence-electron chi connectivity index (χ0n) is 17.2. The Morgan fingerprint density at radius 1 is 1.06 bits per heavy atom. The highest BCUT2D eigenvalue weighted by atomic mass is 16.6. The first-order valence-electron chi connectivity index (χ1n) is 10.1. The van der Waals surface area contributed by atoms with Crippen molar-refractivity contribution in [2.75, 3.05) is 6.61 Å². The quantitative estimate of drug-likeness (QED) is 0.444. The van der Waals surface area contributed by atoms with Crippen molar-refractivity contribution in [3.63, 3.8) is 0 Å². The molecule has 31 heavy (non-hydrogen) atoms. The number of benzene rings is 2. The Morgan fingerprint density at radius 3 is 2.52 bits per heavy atom. The summed E-state index contributed by atoms with van der Waals surface area (Å²) in [6.45, 7) is 2.12. The van der Waals surface area contributed by atoms with Crippen LogP contribution >= 0.6 is 0 Å². The molecular weight excluding hydrogens is 394 g/mol. The molecule has 0 saturated heterocycles. The van der Waals surface area contributed by atoms with Crippen molar-refractivity contribution in [1.82, 2.24) is 14.8 Å². The highest BCUT2D eigenvalue weighted by Gasteiger charge is 2.16. The van der Waals surface area contributed by atoms with Gasteiger partial charge in [0.05, 0.1) is 5.39 Å². The highest BCUT2D eigenvalue weighted by Crippen LogP contribution is 2.17. The SMILES string of the molecule is Cc1cnc2[nH]n(CCc3ccccc3)c(=O)c2c1COC(=O)COc1ccccc1. The Kier molecular flexibility index (Phi) is 6.12. The van der Waals surface area contributed by atoms with E-state index in [1.165, 1.54) is 0 Å². The predicted octanol–water partition coefficient (Wildman–Crippen LogP) is 3.40. The maximum absolute atomic E-state index is 13.0. The molecule has 0 spiro atoms. The van der Waals surface area contributed by atoms with E-state index in [2.05, 4.69) is 10.1 Å². The number of hydrogen-bond acceptors (Lipinski definition) is 5. The van der Waals surface area contributed by atoms with E-state index < -0.39 is 5.97 Å². The van der Waals surface area contributed by atoms with Crippen LogP contribution in [-0.2, 0) is 29.1 Å². The molecule has 4 aromatic rings. The van der Waals surface area contributed by atoms with Crippen molar-refractivity contribution in [2.45, 2.75) is 26.5 Å². The average molecular weight is 417 g/mol. The standard InChI is InChI=1S/C24H23N3O4/c1-17-14-25-23-22(24(29)27(26-23)13-12-18-8-4-2-5-9-18)20(17)15-31-21(28)16-30-19-10-6-3-7-11-19/h2-11,14H,12-13,15-16H2,1H3,(H,25,26). The second kappa shape index (κ2) is 9.30. The number of para-hydroxylation sites is 1. The summed E-state index contributed by atoms with van der Waals surface area (Å²) in [4.78, 5) is 29.5. The number of nitrogens with zero attached hydrogens (tertiary/aromatic N) is 2. The minimum atomic E-state index is -0.506. The van der Waals surface area contributed by atoms with Gasteiger partial charge in [0.2, 0.25) is 0 Å². The zero-order valence-corrected chi connectivity index (χ0v) is 17.2. The van der Waals surface area contributed by atoms with Gasteiger partial charge in [-0.25, -0.2) is 9.78 Å². The van der Waals surface area contributed by atoms with Gasteiger partial charge >= 0.3 is 5.97 Å². The lowest BCUT2D eigenvalue weighted by atomic mass is 10.1. The number of fused-ring (bicyclic) bond motifs is 1. The van der Waals surface area contributed by atoms with Gasteiger partial charge in [-0.15, -0.1) is 0 Å². The molecule has 0 aliphatic rings. The minimum Gasteiger partial charge on any atom is -0.482 e. The molecule has 2 aromatic carbocycles. The summed E-state index contributed by atoms with van der Waals surface area (Å²) in [6, 6.07) is 19.0. The van der Waals surface area contributed by atoms with Crippen molar-refractivity contribution in [1.29, 1.82) is 0 Å². The molecule has 1 N–H and O–H groups in total. The van der Waals surface area contributed by atoms with Gasteiger partial charge < -0.3 is 9.47 Å². The van der Waals surface area contributed by atoms with E-state index in [0.29, 0.717) is 35.3 Å². The number of ether oxygens (including phenoxy) is 2. The third-order valence-corrected chi connectivity index (χ3v) is 5.05. The molecule has 0 aliphatic heterocycles. The molecule has 0 saturated carbocycles. The number of carbonyl (C=O) groups excluding carboxylic acids is 1. The maximum atomic E-state index is 13.0. The van der Waals surface area contributed by atoms with Crippen molar-refractivity contribution in [3.8, 4) is 5.75 Å². The number of aromatic amines is 1. The number of hydrogen-bond donors (Lipinski definition) is 1. The summed E-state index contributed by atoms with van der Waals surface area (Å²) >= 11 is 0. The van der Waals surface area contributed by atoms with E-state index in [1.807, 2.05) is 55.5 Å². The lowest BCUT2D eigenvalue weighted by molar-refractivity contribution is -0.147. The number of nitrogens with one attached hydrogen (secondary N) is 1. The topological polar surface area (TPSA) is 86.2 Å². The van der Waals surface area contributed by atoms with Crippen LogP contribution in [0, 0.1) is 6.92 Å². The molecule has 0 unspecified atom stereocenters. The van der Waals surface area contributed by atoms with Crippen LogP contribution in [0.2, 0.25) is 0 Å². The van der Waals surface area contributed by atoms with E-state index in [0.717, 1.165) is 11.1 Å². The second-order valence-corrected chi connectivity index (χ2v) is 7.21. The first kappa shape index (κ1) is 20.4. The normalized spacial score (nSPS) is 10.9. The summed E-state index contributed by atoms with van der Waals surface area (Å²) in [5.74, 6) is 0.0852. The lowest BCUT2D eigenvalue weighted by Crippen LogP contribution is -2.19. The molecule has 158 valence electrons. The van der Waals surface area contributed by atoms with Crippen LogP contribution in [0.15, 0.2) is 71.7 Å². The van der Waals surface area contributed by atoms with Crippen LogP contribution in [-0.4, -0.2) is 27.3 Å². The zero-order chi connectivity index (χ0) is 21.6. The van der Waals surface area contributed by atoms with Gasteiger partial charge in [-0.05, 0) is 36.6 Å². The van der Waals surface area contributed by atoms with Crippen LogP contribution in [0.5, 0.6) is 5.75 Å². The van der Waals surface area contributed by atoms with Crippen LogP contribution < -0.4 is 10.3 Å². The third-order valence-electron chi connectivity index (χ3n) is 5.05. The molecule has 7 nitrogen and oxygen atoms in total. The average Bonchev–Trinajstić information content (AvgIpc) is 3.12. The number of aromatic nitrogens is 3. The first-order chi connectivity index (χ1) is 15.1. The molecule has 2 heterocycles. The van der Waals surface area contributed by atoms with Gasteiger partial charge in [0.15, 0.2) is 12.3 Å². The largest absolute Gasteiger partial charge is 0.482 e. The monoisotopic (exact) mass is 417 g/mol. The molecule has 0 radical (unpaired) electrons. The van der Waals surface area contributed by atoms with E-state index in [1.54, 1.807) is 23.0 Å². The van der Waals surface area contributed by atoms with Crippen molar-refractivity contribution in [3.05, 3.63) is 93.9 Å². The van der Waals surface area contributed by atoms with Gasteiger partial charge in [-0.1, -0.05) is 48.5 Å². The van der Waals surface area contributed by atoms with Crippen molar-refractivity contribution < 1.29 is 14.3 Å². The molecule has 7 heteroatoms. The van der Waals surface area contributed by atoms with Crippen LogP contribution in [0.1, 0.15) is 16.7 Å². The number of H-pyrrole nitrogens is 1. The fourth-order valence-corrected chi connectivity index (χ4v) is 3.35. The van der Waals surface area contributed by atoms with Crippen LogP contribution in [0.4, 0.5) is 0 Å².